The van der Waals surface area contributed by atoms with Crippen molar-refractivity contribution < 1.29 is 19.2 Å². The molecule has 7 nitrogen and oxygen atoms in total. The van der Waals surface area contributed by atoms with Gasteiger partial charge in [-0.2, -0.15) is 0 Å². The molecule has 0 unspecified atom stereocenters. The van der Waals surface area contributed by atoms with Gasteiger partial charge in [0, 0.05) is 30.7 Å². The SMILES string of the molecule is COc1cccc(C(=O)N(C)Cc2cc([N+](=O)[O-])ccc2Cl)c1OC. The molecule has 8 heteroatoms. The van der Waals surface area contributed by atoms with Crippen LogP contribution in [0.2, 0.25) is 5.02 Å². The molecule has 0 aliphatic rings. The summed E-state index contributed by atoms with van der Waals surface area (Å²) in [5, 5.41) is 11.3. The van der Waals surface area contributed by atoms with Gasteiger partial charge >= 0.3 is 0 Å². The molecule has 0 N–H and O–H groups in total. The number of benzene rings is 2. The van der Waals surface area contributed by atoms with Crippen LogP contribution in [0, 0.1) is 10.1 Å². The predicted octanol–water partition coefficient (Wildman–Crippen LogP) is 3.54. The van der Waals surface area contributed by atoms with Gasteiger partial charge in [-0.05, 0) is 23.8 Å². The Labute approximate surface area is 149 Å². The Morgan fingerprint density at radius 1 is 1.24 bits per heavy atom. The molecule has 0 aliphatic heterocycles. The summed E-state index contributed by atoms with van der Waals surface area (Å²) in [5.74, 6) is 0.445. The first-order valence-corrected chi connectivity index (χ1v) is 7.66. The number of nitrogens with zero attached hydrogens (tertiary/aromatic N) is 2. The van der Waals surface area contributed by atoms with Gasteiger partial charge < -0.3 is 14.4 Å². The van der Waals surface area contributed by atoms with E-state index in [0.717, 1.165) is 0 Å². The Balaban J connectivity index is 2.30. The fourth-order valence-corrected chi connectivity index (χ4v) is 2.56. The number of nitro benzene ring substituents is 1. The highest BCUT2D eigenvalue weighted by Gasteiger charge is 2.21. The molecule has 2 aromatic carbocycles. The van der Waals surface area contributed by atoms with E-state index in [1.807, 2.05) is 0 Å². The second-order valence-corrected chi connectivity index (χ2v) is 5.64. The normalized spacial score (nSPS) is 10.2. The first-order valence-electron chi connectivity index (χ1n) is 7.28. The Morgan fingerprint density at radius 2 is 1.96 bits per heavy atom. The zero-order valence-electron chi connectivity index (χ0n) is 14.0. The number of hydrogen-bond acceptors (Lipinski definition) is 5. The third-order valence-corrected chi connectivity index (χ3v) is 4.00. The standard InChI is InChI=1S/C17H17ClN2O5/c1-19(10-11-9-12(20(22)23)7-8-14(11)18)17(21)13-5-4-6-15(24-2)16(13)25-3/h4-9H,10H2,1-3H3. The lowest BCUT2D eigenvalue weighted by Crippen LogP contribution is -2.26. The number of nitro groups is 1. The highest BCUT2D eigenvalue weighted by Crippen LogP contribution is 2.32. The first-order chi connectivity index (χ1) is 11.9. The summed E-state index contributed by atoms with van der Waals surface area (Å²) in [6, 6.07) is 9.11. The average Bonchev–Trinajstić information content (AvgIpc) is 2.61. The number of hydrogen-bond donors (Lipinski definition) is 0. The van der Waals surface area contributed by atoms with Gasteiger partial charge in [0.2, 0.25) is 0 Å². The van der Waals surface area contributed by atoms with E-state index < -0.39 is 4.92 Å². The van der Waals surface area contributed by atoms with Gasteiger partial charge in [0.25, 0.3) is 11.6 Å². The van der Waals surface area contributed by atoms with E-state index >= 15 is 0 Å². The number of rotatable bonds is 6. The Morgan fingerprint density at radius 3 is 2.56 bits per heavy atom. The maximum atomic E-state index is 12.7. The maximum Gasteiger partial charge on any atom is 0.269 e. The zero-order chi connectivity index (χ0) is 18.6. The molecule has 0 bridgehead atoms. The lowest BCUT2D eigenvalue weighted by atomic mass is 10.1. The molecule has 0 saturated heterocycles. The van der Waals surface area contributed by atoms with Crippen LogP contribution in [0.5, 0.6) is 11.5 Å². The van der Waals surface area contributed by atoms with Crippen molar-refractivity contribution in [2.75, 3.05) is 21.3 Å². The first kappa shape index (κ1) is 18.5. The summed E-state index contributed by atoms with van der Waals surface area (Å²) in [4.78, 5) is 24.5. The van der Waals surface area contributed by atoms with Crippen LogP contribution in [0.15, 0.2) is 36.4 Å². The largest absolute Gasteiger partial charge is 0.493 e. The lowest BCUT2D eigenvalue weighted by molar-refractivity contribution is -0.384. The number of amides is 1. The van der Waals surface area contributed by atoms with Crippen LogP contribution < -0.4 is 9.47 Å². The van der Waals surface area contributed by atoms with Crippen molar-refractivity contribution in [3.63, 3.8) is 0 Å². The second-order valence-electron chi connectivity index (χ2n) is 5.24. The van der Waals surface area contributed by atoms with E-state index in [0.29, 0.717) is 27.6 Å². The maximum absolute atomic E-state index is 12.7. The van der Waals surface area contributed by atoms with Gasteiger partial charge in [-0.1, -0.05) is 17.7 Å². The fraction of sp³-hybridized carbons (Fsp3) is 0.235. The van der Waals surface area contributed by atoms with Crippen molar-refractivity contribution in [2.45, 2.75) is 6.54 Å². The van der Waals surface area contributed by atoms with Crippen LogP contribution in [-0.2, 0) is 6.54 Å². The number of halogens is 1. The number of methoxy groups -OCH3 is 2. The van der Waals surface area contributed by atoms with Crippen molar-refractivity contribution in [1.29, 1.82) is 0 Å². The summed E-state index contributed by atoms with van der Waals surface area (Å²) in [6.45, 7) is 0.111. The van der Waals surface area contributed by atoms with Gasteiger partial charge in [-0.3, -0.25) is 14.9 Å². The van der Waals surface area contributed by atoms with E-state index in [9.17, 15) is 14.9 Å². The lowest BCUT2D eigenvalue weighted by Gasteiger charge is -2.20. The third kappa shape index (κ3) is 4.00. The van der Waals surface area contributed by atoms with Crippen LogP contribution in [-0.4, -0.2) is 37.0 Å². The second kappa shape index (κ2) is 7.85. The fourth-order valence-electron chi connectivity index (χ4n) is 2.38. The van der Waals surface area contributed by atoms with Gasteiger partial charge in [-0.25, -0.2) is 0 Å². The van der Waals surface area contributed by atoms with Crippen LogP contribution >= 0.6 is 11.6 Å². The van der Waals surface area contributed by atoms with E-state index in [2.05, 4.69) is 0 Å². The number of carbonyl (C=O) groups is 1. The Bertz CT molecular complexity index is 810. The molecule has 0 fully saturated rings. The molecule has 132 valence electrons. The smallest absolute Gasteiger partial charge is 0.269 e. The molecule has 0 heterocycles. The topological polar surface area (TPSA) is 81.9 Å². The number of ether oxygens (including phenoxy) is 2. The summed E-state index contributed by atoms with van der Waals surface area (Å²) in [5.41, 5.74) is 0.721. The minimum absolute atomic E-state index is 0.0841. The Kier molecular flexibility index (Phi) is 5.82. The minimum atomic E-state index is -0.507. The van der Waals surface area contributed by atoms with Gasteiger partial charge in [0.15, 0.2) is 11.5 Å². The molecular weight excluding hydrogens is 348 g/mol. The quantitative estimate of drug-likeness (QED) is 0.578. The molecule has 0 aromatic heterocycles. The average molecular weight is 365 g/mol. The van der Waals surface area contributed by atoms with Gasteiger partial charge in [0.05, 0.1) is 24.7 Å². The molecule has 2 aromatic rings. The third-order valence-electron chi connectivity index (χ3n) is 3.63. The van der Waals surface area contributed by atoms with Crippen molar-refractivity contribution in [3.8, 4) is 11.5 Å². The molecule has 0 atom stereocenters. The van der Waals surface area contributed by atoms with Crippen molar-refractivity contribution in [1.82, 2.24) is 4.90 Å². The predicted molar refractivity (Wildman–Crippen MR) is 93.4 cm³/mol. The van der Waals surface area contributed by atoms with E-state index in [-0.39, 0.29) is 18.1 Å². The number of carbonyl (C=O) groups excluding carboxylic acids is 1. The molecule has 25 heavy (non-hydrogen) atoms. The summed E-state index contributed by atoms with van der Waals surface area (Å²) < 4.78 is 10.5. The summed E-state index contributed by atoms with van der Waals surface area (Å²) in [7, 11) is 4.52. The minimum Gasteiger partial charge on any atom is -0.493 e. The highest BCUT2D eigenvalue weighted by molar-refractivity contribution is 6.31. The summed E-state index contributed by atoms with van der Waals surface area (Å²) >= 11 is 6.10. The van der Waals surface area contributed by atoms with E-state index in [1.165, 1.54) is 37.3 Å². The van der Waals surface area contributed by atoms with Crippen LogP contribution in [0.25, 0.3) is 0 Å². The molecule has 0 radical (unpaired) electrons. The molecule has 0 spiro atoms. The highest BCUT2D eigenvalue weighted by atomic mass is 35.5. The summed E-state index contributed by atoms with van der Waals surface area (Å²) in [6.07, 6.45) is 0. The monoisotopic (exact) mass is 364 g/mol. The van der Waals surface area contributed by atoms with E-state index in [4.69, 9.17) is 21.1 Å². The van der Waals surface area contributed by atoms with Crippen LogP contribution in [0.3, 0.4) is 0 Å². The molecule has 2 rings (SSSR count). The number of para-hydroxylation sites is 1. The Hall–Kier alpha value is -2.80. The molecule has 0 aliphatic carbocycles. The van der Waals surface area contributed by atoms with E-state index in [1.54, 1.807) is 25.2 Å². The van der Waals surface area contributed by atoms with Gasteiger partial charge in [-0.15, -0.1) is 0 Å². The molecular formula is C17H17ClN2O5. The molecule has 0 saturated carbocycles. The van der Waals surface area contributed by atoms with Crippen molar-refractivity contribution in [2.24, 2.45) is 0 Å². The van der Waals surface area contributed by atoms with Crippen LogP contribution in [0.4, 0.5) is 5.69 Å². The van der Waals surface area contributed by atoms with Crippen molar-refractivity contribution >= 4 is 23.2 Å². The van der Waals surface area contributed by atoms with Gasteiger partial charge in [0.1, 0.15) is 0 Å². The van der Waals surface area contributed by atoms with Crippen molar-refractivity contribution in [3.05, 3.63) is 62.7 Å². The molecule has 1 amide bonds. The van der Waals surface area contributed by atoms with Crippen LogP contribution in [0.1, 0.15) is 15.9 Å². The number of non-ortho nitro benzene ring substituents is 1. The zero-order valence-corrected chi connectivity index (χ0v) is 14.7.